The van der Waals surface area contributed by atoms with Crippen LogP contribution < -0.4 is 16.0 Å². The molecule has 0 aromatic carbocycles. The van der Waals surface area contributed by atoms with Crippen LogP contribution in [0.1, 0.15) is 47.2 Å². The molecule has 10 nitrogen and oxygen atoms in total. The first-order valence-electron chi connectivity index (χ1n) is 9.14. The highest BCUT2D eigenvalue weighted by molar-refractivity contribution is 7.13. The number of rotatable bonds is 8. The number of nitrogens with zero attached hydrogens (tertiary/aromatic N) is 3. The lowest BCUT2D eigenvalue weighted by Crippen LogP contribution is -2.40. The van der Waals surface area contributed by atoms with Crippen LogP contribution in [0.2, 0.25) is 0 Å². The number of thiazole rings is 1. The first-order valence-corrected chi connectivity index (χ1v) is 9.96. The molecule has 28 heavy (non-hydrogen) atoms. The molecule has 1 atom stereocenters. The Balaban J connectivity index is 2.00. The smallest absolute Gasteiger partial charge is 0.350 e. The Kier molecular flexibility index (Phi) is 7.73. The number of guanidine groups is 1. The van der Waals surface area contributed by atoms with Gasteiger partial charge in [-0.05, 0) is 27.7 Å². The number of ether oxygens (including phenoxy) is 1. The molecule has 1 aromatic rings. The standard InChI is InChI=1S/C17H26N6O4S/c1-5-18-16(19-7-8-23-12(24)9-20-17(23)26)22-11(4)14-21-10(3)13(28-14)15(25)27-6-2/h11H,5-9H2,1-4H3,(H,20,26)(H2,18,19,22). The summed E-state index contributed by atoms with van der Waals surface area (Å²) in [6, 6.07) is -0.585. The third kappa shape index (κ3) is 5.41. The Morgan fingerprint density at radius 2 is 2.18 bits per heavy atom. The molecule has 3 amide bonds. The van der Waals surface area contributed by atoms with Gasteiger partial charge in [-0.2, -0.15) is 0 Å². The SMILES string of the molecule is CCNC(=NCCN1C(=O)CNC1=O)NC(C)c1nc(C)c(C(=O)OCC)s1. The topological polar surface area (TPSA) is 125 Å². The molecule has 0 radical (unpaired) electrons. The summed E-state index contributed by atoms with van der Waals surface area (Å²) >= 11 is 1.28. The second kappa shape index (κ2) is 10.0. The van der Waals surface area contributed by atoms with Gasteiger partial charge in [-0.25, -0.2) is 14.6 Å². The Labute approximate surface area is 167 Å². The van der Waals surface area contributed by atoms with E-state index in [9.17, 15) is 14.4 Å². The third-order valence-electron chi connectivity index (χ3n) is 3.87. The number of hydrogen-bond acceptors (Lipinski definition) is 7. The molecule has 1 aromatic heterocycles. The van der Waals surface area contributed by atoms with Crippen molar-refractivity contribution < 1.29 is 19.1 Å². The maximum absolute atomic E-state index is 12.0. The van der Waals surface area contributed by atoms with Crippen molar-refractivity contribution in [3.63, 3.8) is 0 Å². The molecule has 1 saturated heterocycles. The van der Waals surface area contributed by atoms with E-state index in [0.717, 1.165) is 9.91 Å². The van der Waals surface area contributed by atoms with Crippen LogP contribution in [0.3, 0.4) is 0 Å². The molecule has 1 aliphatic rings. The number of aliphatic imine (C=N–C) groups is 1. The van der Waals surface area contributed by atoms with Gasteiger partial charge < -0.3 is 20.7 Å². The van der Waals surface area contributed by atoms with Crippen molar-refractivity contribution in [3.05, 3.63) is 15.6 Å². The maximum atomic E-state index is 12.0. The van der Waals surface area contributed by atoms with Crippen molar-refractivity contribution in [2.75, 3.05) is 32.8 Å². The molecule has 2 rings (SSSR count). The average molecular weight is 411 g/mol. The van der Waals surface area contributed by atoms with E-state index >= 15 is 0 Å². The van der Waals surface area contributed by atoms with Gasteiger partial charge in [0.15, 0.2) is 5.96 Å². The number of esters is 1. The molecule has 1 aliphatic heterocycles. The normalized spacial score (nSPS) is 15.4. The van der Waals surface area contributed by atoms with Crippen molar-refractivity contribution in [1.29, 1.82) is 0 Å². The molecule has 1 fully saturated rings. The first-order chi connectivity index (χ1) is 13.4. The second-order valence-electron chi connectivity index (χ2n) is 6.02. The fraction of sp³-hybridized carbons (Fsp3) is 0.588. The highest BCUT2D eigenvalue weighted by Gasteiger charge is 2.27. The number of carbonyl (C=O) groups is 3. The van der Waals surface area contributed by atoms with Crippen LogP contribution in [0.4, 0.5) is 4.79 Å². The number of carbonyl (C=O) groups excluding carboxylic acids is 3. The van der Waals surface area contributed by atoms with Crippen LogP contribution in [0, 0.1) is 6.92 Å². The van der Waals surface area contributed by atoms with Crippen LogP contribution >= 0.6 is 11.3 Å². The van der Waals surface area contributed by atoms with Gasteiger partial charge >= 0.3 is 12.0 Å². The number of amides is 3. The van der Waals surface area contributed by atoms with Gasteiger partial charge in [0.05, 0.1) is 38.0 Å². The predicted octanol–water partition coefficient (Wildman–Crippen LogP) is 0.796. The Morgan fingerprint density at radius 1 is 1.43 bits per heavy atom. The summed E-state index contributed by atoms with van der Waals surface area (Å²) in [5, 5.41) is 9.55. The molecule has 0 spiro atoms. The third-order valence-corrected chi connectivity index (χ3v) is 5.19. The molecule has 154 valence electrons. The van der Waals surface area contributed by atoms with Gasteiger partial charge in [0.2, 0.25) is 5.91 Å². The molecular weight excluding hydrogens is 384 g/mol. The highest BCUT2D eigenvalue weighted by atomic mass is 32.1. The predicted molar refractivity (Wildman–Crippen MR) is 105 cm³/mol. The summed E-state index contributed by atoms with van der Waals surface area (Å²) in [4.78, 5) is 45.6. The molecule has 3 N–H and O–H groups in total. The van der Waals surface area contributed by atoms with Gasteiger partial charge in [-0.15, -0.1) is 11.3 Å². The number of aromatic nitrogens is 1. The van der Waals surface area contributed by atoms with Gasteiger partial charge in [0.1, 0.15) is 9.88 Å². The Bertz CT molecular complexity index is 747. The fourth-order valence-electron chi connectivity index (χ4n) is 2.52. The van der Waals surface area contributed by atoms with Crippen molar-refractivity contribution in [2.24, 2.45) is 4.99 Å². The molecule has 2 heterocycles. The lowest BCUT2D eigenvalue weighted by molar-refractivity contribution is -0.124. The number of aryl methyl sites for hydroxylation is 1. The minimum absolute atomic E-state index is 0.0318. The van der Waals surface area contributed by atoms with Gasteiger partial charge in [-0.1, -0.05) is 0 Å². The number of imide groups is 1. The minimum atomic E-state index is -0.392. The minimum Gasteiger partial charge on any atom is -0.462 e. The van der Waals surface area contributed by atoms with Crippen LogP contribution in [0.5, 0.6) is 0 Å². The van der Waals surface area contributed by atoms with Gasteiger partial charge in [-0.3, -0.25) is 14.7 Å². The van der Waals surface area contributed by atoms with E-state index in [1.165, 1.54) is 11.3 Å². The van der Waals surface area contributed by atoms with Crippen LogP contribution in [0.15, 0.2) is 4.99 Å². The van der Waals surface area contributed by atoms with Crippen molar-refractivity contribution in [2.45, 2.75) is 33.7 Å². The van der Waals surface area contributed by atoms with E-state index in [1.54, 1.807) is 13.8 Å². The average Bonchev–Trinajstić information content (AvgIpc) is 3.19. The van der Waals surface area contributed by atoms with E-state index in [4.69, 9.17) is 4.74 Å². The first kappa shape index (κ1) is 21.6. The summed E-state index contributed by atoms with van der Waals surface area (Å²) in [6.45, 7) is 8.85. The zero-order valence-corrected chi connectivity index (χ0v) is 17.3. The summed E-state index contributed by atoms with van der Waals surface area (Å²) < 4.78 is 5.05. The van der Waals surface area contributed by atoms with E-state index < -0.39 is 6.03 Å². The van der Waals surface area contributed by atoms with Crippen molar-refractivity contribution in [3.8, 4) is 0 Å². The molecule has 0 saturated carbocycles. The second-order valence-corrected chi connectivity index (χ2v) is 7.05. The summed E-state index contributed by atoms with van der Waals surface area (Å²) in [5.41, 5.74) is 0.632. The zero-order valence-electron chi connectivity index (χ0n) is 16.5. The molecular formula is C17H26N6O4S. The molecule has 11 heteroatoms. The van der Waals surface area contributed by atoms with Crippen LogP contribution in [0.25, 0.3) is 0 Å². The van der Waals surface area contributed by atoms with Gasteiger partial charge in [0.25, 0.3) is 0 Å². The summed E-state index contributed by atoms with van der Waals surface area (Å²) in [7, 11) is 0. The molecule has 0 bridgehead atoms. The van der Waals surface area contributed by atoms with Crippen molar-refractivity contribution >= 4 is 35.2 Å². The lowest BCUT2D eigenvalue weighted by Gasteiger charge is -2.16. The zero-order chi connectivity index (χ0) is 20.7. The highest BCUT2D eigenvalue weighted by Crippen LogP contribution is 2.24. The van der Waals surface area contributed by atoms with E-state index in [0.29, 0.717) is 29.7 Å². The van der Waals surface area contributed by atoms with Crippen molar-refractivity contribution in [1.82, 2.24) is 25.8 Å². The van der Waals surface area contributed by atoms with Crippen LogP contribution in [-0.2, 0) is 9.53 Å². The number of nitrogens with one attached hydrogen (secondary N) is 3. The number of hydrogen-bond donors (Lipinski definition) is 3. The molecule has 1 unspecified atom stereocenters. The summed E-state index contributed by atoms with van der Waals surface area (Å²) in [6.07, 6.45) is 0. The number of urea groups is 1. The van der Waals surface area contributed by atoms with Crippen LogP contribution in [-0.4, -0.2) is 66.5 Å². The molecule has 0 aliphatic carbocycles. The monoisotopic (exact) mass is 410 g/mol. The fourth-order valence-corrected chi connectivity index (χ4v) is 3.48. The quantitative estimate of drug-likeness (QED) is 0.250. The summed E-state index contributed by atoms with van der Waals surface area (Å²) in [5.74, 6) is -0.0889. The Morgan fingerprint density at radius 3 is 2.79 bits per heavy atom. The lowest BCUT2D eigenvalue weighted by atomic mass is 10.3. The largest absolute Gasteiger partial charge is 0.462 e. The maximum Gasteiger partial charge on any atom is 0.350 e. The Hall–Kier alpha value is -2.69. The van der Waals surface area contributed by atoms with E-state index in [-0.39, 0.29) is 37.6 Å². The van der Waals surface area contributed by atoms with E-state index in [1.807, 2.05) is 13.8 Å². The van der Waals surface area contributed by atoms with Gasteiger partial charge in [0, 0.05) is 6.54 Å². The van der Waals surface area contributed by atoms with E-state index in [2.05, 4.69) is 25.9 Å².